The van der Waals surface area contributed by atoms with Crippen LogP contribution in [0.5, 0.6) is 0 Å². The number of rotatable bonds is 6. The first-order chi connectivity index (χ1) is 11.0. The quantitative estimate of drug-likeness (QED) is 0.347. The van der Waals surface area contributed by atoms with Gasteiger partial charge in [-0.2, -0.15) is 0 Å². The third kappa shape index (κ3) is 4.81. The number of esters is 1. The number of nitro groups is 1. The van der Waals surface area contributed by atoms with E-state index in [9.17, 15) is 14.9 Å². The van der Waals surface area contributed by atoms with E-state index in [2.05, 4.69) is 13.8 Å². The van der Waals surface area contributed by atoms with Gasteiger partial charge in [0.2, 0.25) is 0 Å². The summed E-state index contributed by atoms with van der Waals surface area (Å²) in [7, 11) is 0. The lowest BCUT2D eigenvalue weighted by atomic mass is 10.0. The van der Waals surface area contributed by atoms with E-state index in [4.69, 9.17) is 9.15 Å². The Hall–Kier alpha value is -2.89. The number of furan rings is 1. The Balaban J connectivity index is 1.86. The molecule has 0 saturated carbocycles. The summed E-state index contributed by atoms with van der Waals surface area (Å²) in [5.41, 5.74) is 2.11. The lowest BCUT2D eigenvalue weighted by Gasteiger charge is -2.07. The molecule has 0 radical (unpaired) electrons. The molecule has 0 amide bonds. The molecule has 0 spiro atoms. The minimum absolute atomic E-state index is 0.167. The topological polar surface area (TPSA) is 82.6 Å². The predicted molar refractivity (Wildman–Crippen MR) is 84.7 cm³/mol. The third-order valence-electron chi connectivity index (χ3n) is 3.20. The molecule has 23 heavy (non-hydrogen) atoms. The average molecular weight is 315 g/mol. The molecule has 0 N–H and O–H groups in total. The fraction of sp³-hybridized carbons (Fsp3) is 0.235. The molecule has 1 aromatic carbocycles. The van der Waals surface area contributed by atoms with E-state index in [0.29, 0.717) is 5.92 Å². The third-order valence-corrected chi connectivity index (χ3v) is 3.20. The van der Waals surface area contributed by atoms with Crippen LogP contribution in [-0.2, 0) is 16.1 Å². The second-order valence-electron chi connectivity index (χ2n) is 5.27. The number of hydrogen-bond acceptors (Lipinski definition) is 5. The average Bonchev–Trinajstić information content (AvgIpc) is 3.00. The van der Waals surface area contributed by atoms with Gasteiger partial charge in [-0.15, -0.1) is 0 Å². The van der Waals surface area contributed by atoms with Gasteiger partial charge in [0, 0.05) is 6.08 Å². The fourth-order valence-corrected chi connectivity index (χ4v) is 1.88. The maximum Gasteiger partial charge on any atom is 0.433 e. The van der Waals surface area contributed by atoms with Crippen LogP contribution in [0, 0.1) is 10.1 Å². The predicted octanol–water partition coefficient (Wildman–Crippen LogP) is 4.07. The van der Waals surface area contributed by atoms with E-state index < -0.39 is 10.9 Å². The minimum Gasteiger partial charge on any atom is -0.458 e. The van der Waals surface area contributed by atoms with Gasteiger partial charge in [0.1, 0.15) is 17.3 Å². The summed E-state index contributed by atoms with van der Waals surface area (Å²) in [5.74, 6) is -0.248. The first-order valence-corrected chi connectivity index (χ1v) is 7.13. The van der Waals surface area contributed by atoms with E-state index in [1.807, 2.05) is 24.3 Å². The van der Waals surface area contributed by atoms with Gasteiger partial charge in [0.25, 0.3) is 0 Å². The van der Waals surface area contributed by atoms with E-state index in [1.165, 1.54) is 29.8 Å². The van der Waals surface area contributed by atoms with Gasteiger partial charge < -0.3 is 9.15 Å². The van der Waals surface area contributed by atoms with Crippen molar-refractivity contribution in [1.82, 2.24) is 0 Å². The molecule has 0 aliphatic carbocycles. The molecule has 1 heterocycles. The highest BCUT2D eigenvalue weighted by Crippen LogP contribution is 2.17. The van der Waals surface area contributed by atoms with E-state index >= 15 is 0 Å². The second-order valence-corrected chi connectivity index (χ2v) is 5.27. The van der Waals surface area contributed by atoms with Crippen molar-refractivity contribution in [3.05, 3.63) is 69.5 Å². The van der Waals surface area contributed by atoms with E-state index in [1.54, 1.807) is 0 Å². The highest BCUT2D eigenvalue weighted by molar-refractivity contribution is 5.86. The standard InChI is InChI=1S/C17H17NO5/c1-12(2)14-5-3-13(4-6-14)11-22-17(19)10-8-15-7-9-16(23-15)18(20)21/h3-10,12H,11H2,1-2H3/b10-8+. The summed E-state index contributed by atoms with van der Waals surface area (Å²) in [5, 5.41) is 10.5. The minimum atomic E-state index is -0.642. The van der Waals surface area contributed by atoms with Gasteiger partial charge in [-0.3, -0.25) is 10.1 Å². The van der Waals surface area contributed by atoms with Crippen LogP contribution in [0.4, 0.5) is 5.88 Å². The fourth-order valence-electron chi connectivity index (χ4n) is 1.88. The molecule has 6 heteroatoms. The lowest BCUT2D eigenvalue weighted by Crippen LogP contribution is -2.00. The molecule has 0 aliphatic heterocycles. The monoisotopic (exact) mass is 315 g/mol. The van der Waals surface area contributed by atoms with Crippen molar-refractivity contribution in [2.24, 2.45) is 0 Å². The van der Waals surface area contributed by atoms with Gasteiger partial charge in [-0.05, 0) is 29.2 Å². The SMILES string of the molecule is CC(C)c1ccc(COC(=O)/C=C/c2ccc([N+](=O)[O-])o2)cc1. The smallest absolute Gasteiger partial charge is 0.433 e. The molecule has 120 valence electrons. The van der Waals surface area contributed by atoms with E-state index in [-0.39, 0.29) is 18.3 Å². The van der Waals surface area contributed by atoms with Crippen molar-refractivity contribution in [1.29, 1.82) is 0 Å². The second kappa shape index (κ2) is 7.40. The van der Waals surface area contributed by atoms with Crippen LogP contribution in [0.15, 0.2) is 46.9 Å². The van der Waals surface area contributed by atoms with Crippen LogP contribution in [0.2, 0.25) is 0 Å². The van der Waals surface area contributed by atoms with Crippen LogP contribution in [0.25, 0.3) is 6.08 Å². The number of benzene rings is 1. The maximum absolute atomic E-state index is 11.6. The zero-order valence-electron chi connectivity index (χ0n) is 12.9. The highest BCUT2D eigenvalue weighted by Gasteiger charge is 2.10. The summed E-state index contributed by atoms with van der Waals surface area (Å²) in [6.07, 6.45) is 2.50. The van der Waals surface area contributed by atoms with Crippen LogP contribution >= 0.6 is 0 Å². The Kier molecular flexibility index (Phi) is 5.30. The van der Waals surface area contributed by atoms with Gasteiger partial charge in [-0.1, -0.05) is 38.1 Å². The van der Waals surface area contributed by atoms with Gasteiger partial charge in [-0.25, -0.2) is 4.79 Å². The van der Waals surface area contributed by atoms with Crippen molar-refractivity contribution >= 4 is 17.9 Å². The summed E-state index contributed by atoms with van der Waals surface area (Å²) in [6.45, 7) is 4.39. The first-order valence-electron chi connectivity index (χ1n) is 7.13. The molecular formula is C17H17NO5. The van der Waals surface area contributed by atoms with Crippen molar-refractivity contribution in [2.45, 2.75) is 26.4 Å². The van der Waals surface area contributed by atoms with Crippen molar-refractivity contribution in [2.75, 3.05) is 0 Å². The summed E-state index contributed by atoms with van der Waals surface area (Å²) < 4.78 is 10.0. The molecule has 2 aromatic rings. The Bertz CT molecular complexity index is 713. The lowest BCUT2D eigenvalue weighted by molar-refractivity contribution is -0.402. The molecule has 0 fully saturated rings. The Morgan fingerprint density at radius 2 is 1.96 bits per heavy atom. The van der Waals surface area contributed by atoms with E-state index in [0.717, 1.165) is 5.56 Å². The number of carbonyl (C=O) groups is 1. The van der Waals surface area contributed by atoms with Gasteiger partial charge in [0.05, 0.1) is 6.07 Å². The van der Waals surface area contributed by atoms with Crippen molar-refractivity contribution in [3.8, 4) is 0 Å². The first kappa shape index (κ1) is 16.5. The molecule has 6 nitrogen and oxygen atoms in total. The molecule has 0 bridgehead atoms. The van der Waals surface area contributed by atoms with Gasteiger partial charge >= 0.3 is 11.9 Å². The molecule has 2 rings (SSSR count). The zero-order chi connectivity index (χ0) is 16.8. The number of hydrogen-bond donors (Lipinski definition) is 0. The Morgan fingerprint density at radius 1 is 1.26 bits per heavy atom. The molecule has 0 saturated heterocycles. The van der Waals surface area contributed by atoms with Crippen molar-refractivity contribution in [3.63, 3.8) is 0 Å². The highest BCUT2D eigenvalue weighted by atomic mass is 16.6. The Morgan fingerprint density at radius 3 is 2.52 bits per heavy atom. The summed E-state index contributed by atoms with van der Waals surface area (Å²) in [4.78, 5) is 21.5. The number of ether oxygens (including phenoxy) is 1. The molecule has 0 aliphatic rings. The van der Waals surface area contributed by atoms with Crippen LogP contribution in [0.3, 0.4) is 0 Å². The summed E-state index contributed by atoms with van der Waals surface area (Å²) >= 11 is 0. The Labute approximate surface area is 133 Å². The number of nitrogens with zero attached hydrogens (tertiary/aromatic N) is 1. The largest absolute Gasteiger partial charge is 0.458 e. The molecule has 1 aromatic heterocycles. The van der Waals surface area contributed by atoms with Crippen molar-refractivity contribution < 1.29 is 18.9 Å². The summed E-state index contributed by atoms with van der Waals surface area (Å²) in [6, 6.07) is 10.5. The zero-order valence-corrected chi connectivity index (χ0v) is 12.9. The van der Waals surface area contributed by atoms with Crippen LogP contribution in [-0.4, -0.2) is 10.9 Å². The molecular weight excluding hydrogens is 298 g/mol. The number of carbonyl (C=O) groups excluding carboxylic acids is 1. The molecule has 0 unspecified atom stereocenters. The maximum atomic E-state index is 11.6. The molecule has 0 atom stereocenters. The van der Waals surface area contributed by atoms with Crippen LogP contribution in [0.1, 0.15) is 36.7 Å². The van der Waals surface area contributed by atoms with Crippen LogP contribution < -0.4 is 0 Å². The normalized spacial score (nSPS) is 11.1. The van der Waals surface area contributed by atoms with Gasteiger partial charge in [0.15, 0.2) is 0 Å².